The minimum Gasteiger partial charge on any atom is -0.400 e. The van der Waals surface area contributed by atoms with Gasteiger partial charge in [-0.1, -0.05) is 0 Å². The number of hydrogen-bond donors (Lipinski definition) is 1. The fourth-order valence-electron chi connectivity index (χ4n) is 0.893. The number of pyridine rings is 1. The zero-order valence-corrected chi connectivity index (χ0v) is 10.1. The second-order valence-corrected chi connectivity index (χ2v) is 2.32. The van der Waals surface area contributed by atoms with E-state index in [4.69, 9.17) is 0 Å². The molecule has 0 aliphatic rings. The largest absolute Gasteiger partial charge is 0.419 e. The molecule has 0 saturated heterocycles. The van der Waals surface area contributed by atoms with Crippen molar-refractivity contribution >= 4 is 5.82 Å². The van der Waals surface area contributed by atoms with Gasteiger partial charge in [-0.05, 0) is 12.1 Å². The first-order chi connectivity index (χ1) is 6.05. The van der Waals surface area contributed by atoms with Crippen LogP contribution in [0.25, 0.3) is 0 Å². The van der Waals surface area contributed by atoms with Crippen LogP contribution in [-0.4, -0.2) is 11.5 Å². The summed E-state index contributed by atoms with van der Waals surface area (Å²) < 4.78 is 36.8. The Morgan fingerprint density at radius 1 is 1.43 bits per heavy atom. The quantitative estimate of drug-likeness (QED) is 0.840. The maximum absolute atomic E-state index is 12.3. The molecule has 0 saturated carbocycles. The second-order valence-electron chi connectivity index (χ2n) is 2.32. The molecule has 6 heteroatoms. The molecule has 0 unspecified atom stereocenters. The number of rotatable bonds is 2. The molecule has 14 heavy (non-hydrogen) atoms. The van der Waals surface area contributed by atoms with Gasteiger partial charge in [0.05, 0.1) is 5.56 Å². The Morgan fingerprint density at radius 2 is 2.07 bits per heavy atom. The monoisotopic (exact) mass is 278 g/mol. The number of nitrogens with one attached hydrogen (secondary N) is 1. The van der Waals surface area contributed by atoms with Gasteiger partial charge in [0.25, 0.3) is 0 Å². The van der Waals surface area contributed by atoms with E-state index in [9.17, 15) is 13.2 Å². The van der Waals surface area contributed by atoms with Crippen molar-refractivity contribution in [2.24, 2.45) is 0 Å². The molecule has 1 aromatic rings. The van der Waals surface area contributed by atoms with E-state index >= 15 is 0 Å². The van der Waals surface area contributed by atoms with E-state index in [1.54, 1.807) is 0 Å². The van der Waals surface area contributed by atoms with Crippen molar-refractivity contribution in [2.75, 3.05) is 11.9 Å². The van der Waals surface area contributed by atoms with Crippen molar-refractivity contribution < 1.29 is 45.9 Å². The molecule has 0 amide bonds. The van der Waals surface area contributed by atoms with Crippen LogP contribution in [0.4, 0.5) is 19.0 Å². The Bertz CT molecular complexity index is 288. The van der Waals surface area contributed by atoms with Crippen molar-refractivity contribution in [3.05, 3.63) is 30.8 Å². The van der Waals surface area contributed by atoms with Crippen molar-refractivity contribution in [1.82, 2.24) is 4.98 Å². The Hall–Kier alpha value is -0.156. The number of alkyl halides is 3. The van der Waals surface area contributed by atoms with Crippen LogP contribution in [0, 0.1) is 6.92 Å². The van der Waals surface area contributed by atoms with E-state index in [0.717, 1.165) is 6.07 Å². The average Bonchev–Trinajstić information content (AvgIpc) is 2.04. The van der Waals surface area contributed by atoms with Crippen molar-refractivity contribution in [1.29, 1.82) is 0 Å². The molecule has 0 aromatic carbocycles. The third-order valence-corrected chi connectivity index (χ3v) is 1.41. The summed E-state index contributed by atoms with van der Waals surface area (Å²) in [4.78, 5) is 3.56. The van der Waals surface area contributed by atoms with Gasteiger partial charge in [0.1, 0.15) is 5.82 Å². The molecule has 1 aromatic heterocycles. The Morgan fingerprint density at radius 3 is 2.57 bits per heavy atom. The van der Waals surface area contributed by atoms with Crippen molar-refractivity contribution in [3.8, 4) is 0 Å². The molecule has 75 valence electrons. The first-order valence-electron chi connectivity index (χ1n) is 3.61. The number of nitrogens with zero attached hydrogens (tertiary/aromatic N) is 1. The topological polar surface area (TPSA) is 24.9 Å². The Labute approximate surface area is 105 Å². The van der Waals surface area contributed by atoms with Crippen LogP contribution in [0.5, 0.6) is 0 Å². The zero-order chi connectivity index (χ0) is 9.90. The first-order valence-corrected chi connectivity index (χ1v) is 3.61. The van der Waals surface area contributed by atoms with Gasteiger partial charge in [0.2, 0.25) is 0 Å². The average molecular weight is 278 g/mol. The van der Waals surface area contributed by atoms with E-state index in [-0.39, 0.29) is 45.1 Å². The standard InChI is InChI=1S/C8H8F3N2.Y/c1-2-12-7-6(8(9,10)11)4-3-5-13-7;/h3-5H,1-2H2,(H,12,13);/q-1;. The fraction of sp³-hybridized carbons (Fsp3) is 0.250. The minimum absolute atomic E-state index is 0. The van der Waals surface area contributed by atoms with Gasteiger partial charge in [-0.2, -0.15) is 13.2 Å². The van der Waals surface area contributed by atoms with E-state index in [1.807, 2.05) is 0 Å². The van der Waals surface area contributed by atoms with Crippen LogP contribution in [0.2, 0.25) is 0 Å². The molecule has 0 bridgehead atoms. The van der Waals surface area contributed by atoms with Crippen LogP contribution in [0.15, 0.2) is 18.3 Å². The molecular formula is C8H8F3N2Y-. The molecule has 0 fully saturated rings. The SMILES string of the molecule is [CH2-]CNc1ncccc1C(F)(F)F.[Y]. The van der Waals surface area contributed by atoms with E-state index in [2.05, 4.69) is 17.2 Å². The van der Waals surface area contributed by atoms with Gasteiger partial charge in [0.15, 0.2) is 0 Å². The van der Waals surface area contributed by atoms with Gasteiger partial charge in [-0.25, -0.2) is 4.98 Å². The number of halogens is 3. The smallest absolute Gasteiger partial charge is 0.400 e. The third-order valence-electron chi connectivity index (χ3n) is 1.41. The predicted octanol–water partition coefficient (Wildman–Crippen LogP) is 2.34. The molecule has 1 rings (SSSR count). The van der Waals surface area contributed by atoms with Crippen LogP contribution < -0.4 is 5.32 Å². The van der Waals surface area contributed by atoms with E-state index < -0.39 is 11.7 Å². The Balaban J connectivity index is 0.00000169. The Kier molecular flexibility index (Phi) is 5.60. The summed E-state index contributed by atoms with van der Waals surface area (Å²) >= 11 is 0. The number of aromatic nitrogens is 1. The van der Waals surface area contributed by atoms with E-state index in [1.165, 1.54) is 12.3 Å². The van der Waals surface area contributed by atoms with Crippen molar-refractivity contribution in [3.63, 3.8) is 0 Å². The molecule has 1 heterocycles. The van der Waals surface area contributed by atoms with Gasteiger partial charge in [0, 0.05) is 38.9 Å². The zero-order valence-electron chi connectivity index (χ0n) is 7.30. The molecule has 1 N–H and O–H groups in total. The maximum atomic E-state index is 12.3. The first kappa shape index (κ1) is 13.8. The van der Waals surface area contributed by atoms with Crippen molar-refractivity contribution in [2.45, 2.75) is 6.18 Å². The van der Waals surface area contributed by atoms with Crippen LogP contribution in [0.3, 0.4) is 0 Å². The predicted molar refractivity (Wildman–Crippen MR) is 43.1 cm³/mol. The summed E-state index contributed by atoms with van der Waals surface area (Å²) in [5.74, 6) is -0.176. The van der Waals surface area contributed by atoms with Gasteiger partial charge >= 0.3 is 6.18 Å². The number of anilines is 1. The molecule has 0 aliphatic carbocycles. The summed E-state index contributed by atoms with van der Waals surface area (Å²) in [5.41, 5.74) is -0.765. The van der Waals surface area contributed by atoms with E-state index in [0.29, 0.717) is 0 Å². The summed E-state index contributed by atoms with van der Waals surface area (Å²) in [5, 5.41) is 2.44. The molecule has 0 spiro atoms. The van der Waals surface area contributed by atoms with Crippen LogP contribution >= 0.6 is 0 Å². The summed E-state index contributed by atoms with van der Waals surface area (Å²) in [6.45, 7) is 3.55. The van der Waals surface area contributed by atoms with Crippen LogP contribution in [-0.2, 0) is 38.9 Å². The molecular weight excluding hydrogens is 270 g/mol. The maximum Gasteiger partial charge on any atom is 0.419 e. The summed E-state index contributed by atoms with van der Waals surface area (Å²) in [7, 11) is 0. The van der Waals surface area contributed by atoms with Gasteiger partial charge in [-0.3, -0.25) is 0 Å². The van der Waals surface area contributed by atoms with Gasteiger partial charge in [-0.15, -0.1) is 6.54 Å². The molecule has 1 radical (unpaired) electrons. The van der Waals surface area contributed by atoms with Gasteiger partial charge < -0.3 is 12.2 Å². The molecule has 0 atom stereocenters. The molecule has 2 nitrogen and oxygen atoms in total. The van der Waals surface area contributed by atoms with Crippen LogP contribution in [0.1, 0.15) is 5.56 Å². The second kappa shape index (κ2) is 5.66. The molecule has 0 aliphatic heterocycles. The summed E-state index contributed by atoms with van der Waals surface area (Å²) in [6.07, 6.45) is -3.07. The summed E-state index contributed by atoms with van der Waals surface area (Å²) in [6, 6.07) is 2.22. The fourth-order valence-corrected chi connectivity index (χ4v) is 0.893. The number of hydrogen-bond acceptors (Lipinski definition) is 2. The third kappa shape index (κ3) is 3.54. The minimum atomic E-state index is -4.37. The normalized spacial score (nSPS) is 10.6.